The maximum absolute atomic E-state index is 13.4. The number of imide groups is 1. The Kier molecular flexibility index (Phi) is 4.24. The molecule has 8 nitrogen and oxygen atoms in total. The zero-order valence-electron chi connectivity index (χ0n) is 15.6. The molecular formula is C19H22ClN4O4+. The van der Waals surface area contributed by atoms with Crippen LogP contribution in [0.25, 0.3) is 0 Å². The lowest BCUT2D eigenvalue weighted by Crippen LogP contribution is -2.99. The van der Waals surface area contributed by atoms with Gasteiger partial charge in [-0.1, -0.05) is 18.5 Å². The molecule has 5 atom stereocenters. The molecule has 5 N–H and O–H groups in total. The number of fused-ring (bicyclic) bond motifs is 4. The van der Waals surface area contributed by atoms with Crippen LogP contribution in [0.2, 0.25) is 5.02 Å². The Hall–Kier alpha value is -2.45. The number of quaternary nitrogens is 1. The first-order valence-electron chi connectivity index (χ1n) is 9.35. The van der Waals surface area contributed by atoms with Crippen molar-refractivity contribution in [3.63, 3.8) is 0 Å². The second kappa shape index (κ2) is 6.28. The SMILES string of the molecule is CC[C@H](C)N1C(=O)[C@@H]2[C@H](CC(N)=O)[NH2+][C@@]3(C(=O)Nc4ccc(Cl)cc43)[C@@H]2C1=O. The number of rotatable bonds is 4. The highest BCUT2D eigenvalue weighted by Crippen LogP contribution is 2.50. The van der Waals surface area contributed by atoms with Gasteiger partial charge in [0.2, 0.25) is 23.3 Å². The number of hydrogen-bond acceptors (Lipinski definition) is 4. The number of carbonyl (C=O) groups is 4. The van der Waals surface area contributed by atoms with Crippen LogP contribution in [0, 0.1) is 11.8 Å². The van der Waals surface area contributed by atoms with E-state index >= 15 is 0 Å². The lowest BCUT2D eigenvalue weighted by atomic mass is 9.76. The van der Waals surface area contributed by atoms with Crippen molar-refractivity contribution in [3.05, 3.63) is 28.8 Å². The average Bonchev–Trinajstić information content (AvgIpc) is 3.20. The summed E-state index contributed by atoms with van der Waals surface area (Å²) >= 11 is 6.17. The van der Waals surface area contributed by atoms with Gasteiger partial charge in [-0.2, -0.15) is 0 Å². The summed E-state index contributed by atoms with van der Waals surface area (Å²) in [5.74, 6) is -3.37. The minimum atomic E-state index is -1.33. The van der Waals surface area contributed by atoms with E-state index in [0.717, 1.165) is 0 Å². The van der Waals surface area contributed by atoms with Gasteiger partial charge >= 0.3 is 0 Å². The number of halogens is 1. The molecule has 3 aliphatic heterocycles. The van der Waals surface area contributed by atoms with E-state index in [1.807, 2.05) is 6.92 Å². The molecule has 1 aromatic carbocycles. The van der Waals surface area contributed by atoms with Crippen molar-refractivity contribution in [2.75, 3.05) is 5.32 Å². The Morgan fingerprint density at radius 3 is 2.71 bits per heavy atom. The zero-order chi connectivity index (χ0) is 20.4. The van der Waals surface area contributed by atoms with Crippen LogP contribution in [0.3, 0.4) is 0 Å². The van der Waals surface area contributed by atoms with Crippen LogP contribution in [0.4, 0.5) is 5.69 Å². The Morgan fingerprint density at radius 2 is 2.07 bits per heavy atom. The highest BCUT2D eigenvalue weighted by atomic mass is 35.5. The van der Waals surface area contributed by atoms with Crippen LogP contribution in [0.5, 0.6) is 0 Å². The maximum Gasteiger partial charge on any atom is 0.291 e. The van der Waals surface area contributed by atoms with Gasteiger partial charge in [0.05, 0.1) is 12.1 Å². The number of nitrogens with one attached hydrogen (secondary N) is 1. The third-order valence-electron chi connectivity index (χ3n) is 6.33. The lowest BCUT2D eigenvalue weighted by Gasteiger charge is -2.28. The minimum Gasteiger partial charge on any atom is -0.369 e. The van der Waals surface area contributed by atoms with Gasteiger partial charge < -0.3 is 16.4 Å². The first-order valence-corrected chi connectivity index (χ1v) is 9.72. The predicted molar refractivity (Wildman–Crippen MR) is 99.9 cm³/mol. The molecule has 0 unspecified atom stereocenters. The van der Waals surface area contributed by atoms with Gasteiger partial charge in [-0.15, -0.1) is 0 Å². The molecule has 0 saturated carbocycles. The van der Waals surface area contributed by atoms with Crippen molar-refractivity contribution in [2.45, 2.75) is 44.3 Å². The number of likely N-dealkylation sites (tertiary alicyclic amines) is 1. The fourth-order valence-corrected chi connectivity index (χ4v) is 5.17. The van der Waals surface area contributed by atoms with E-state index in [4.69, 9.17) is 17.3 Å². The molecule has 28 heavy (non-hydrogen) atoms. The van der Waals surface area contributed by atoms with Gasteiger partial charge in [0.1, 0.15) is 17.9 Å². The Morgan fingerprint density at radius 1 is 1.36 bits per heavy atom. The Bertz CT molecular complexity index is 919. The molecule has 0 aromatic heterocycles. The summed E-state index contributed by atoms with van der Waals surface area (Å²) in [4.78, 5) is 52.6. The zero-order valence-corrected chi connectivity index (χ0v) is 16.3. The van der Waals surface area contributed by atoms with Crippen LogP contribution in [0.1, 0.15) is 32.3 Å². The van der Waals surface area contributed by atoms with E-state index in [2.05, 4.69) is 5.32 Å². The van der Waals surface area contributed by atoms with Crippen LogP contribution in [-0.4, -0.2) is 40.6 Å². The summed E-state index contributed by atoms with van der Waals surface area (Å²) in [5, 5.41) is 4.91. The number of nitrogens with two attached hydrogens (primary N) is 2. The van der Waals surface area contributed by atoms with Crippen LogP contribution in [-0.2, 0) is 24.7 Å². The topological polar surface area (TPSA) is 126 Å². The second-order valence-electron chi connectivity index (χ2n) is 7.82. The highest BCUT2D eigenvalue weighted by Gasteiger charge is 2.74. The molecule has 4 rings (SSSR count). The number of anilines is 1. The third kappa shape index (κ3) is 2.34. The molecule has 0 bridgehead atoms. The van der Waals surface area contributed by atoms with Crippen molar-refractivity contribution in [2.24, 2.45) is 17.6 Å². The van der Waals surface area contributed by atoms with Gasteiger partial charge in [-0.25, -0.2) is 0 Å². The fraction of sp³-hybridized carbons (Fsp3) is 0.474. The van der Waals surface area contributed by atoms with Crippen LogP contribution < -0.4 is 16.4 Å². The Balaban J connectivity index is 1.90. The molecule has 0 aliphatic carbocycles. The summed E-state index contributed by atoms with van der Waals surface area (Å²) in [5.41, 5.74) is 5.20. The van der Waals surface area contributed by atoms with E-state index in [9.17, 15) is 19.2 Å². The van der Waals surface area contributed by atoms with E-state index < -0.39 is 29.3 Å². The summed E-state index contributed by atoms with van der Waals surface area (Å²) in [7, 11) is 0. The van der Waals surface area contributed by atoms with Crippen molar-refractivity contribution < 1.29 is 24.5 Å². The smallest absolute Gasteiger partial charge is 0.291 e. The number of amides is 4. The maximum atomic E-state index is 13.4. The summed E-state index contributed by atoms with van der Waals surface area (Å²) < 4.78 is 0. The van der Waals surface area contributed by atoms with Crippen LogP contribution in [0.15, 0.2) is 18.2 Å². The predicted octanol–water partition coefficient (Wildman–Crippen LogP) is -0.292. The summed E-state index contributed by atoms with van der Waals surface area (Å²) in [6.45, 7) is 3.69. The molecule has 9 heteroatoms. The minimum absolute atomic E-state index is 0.0978. The molecule has 148 valence electrons. The van der Waals surface area contributed by atoms with E-state index in [1.165, 1.54) is 4.90 Å². The lowest BCUT2D eigenvalue weighted by molar-refractivity contribution is -0.732. The van der Waals surface area contributed by atoms with Gasteiger partial charge in [-0.3, -0.25) is 24.1 Å². The Labute approximate surface area is 166 Å². The number of carbonyl (C=O) groups excluding carboxylic acids is 4. The molecule has 0 radical (unpaired) electrons. The largest absolute Gasteiger partial charge is 0.369 e. The van der Waals surface area contributed by atoms with Gasteiger partial charge in [0.25, 0.3) is 5.91 Å². The van der Waals surface area contributed by atoms with Crippen molar-refractivity contribution in [1.82, 2.24) is 4.90 Å². The van der Waals surface area contributed by atoms with Crippen LogP contribution >= 0.6 is 11.6 Å². The fourth-order valence-electron chi connectivity index (χ4n) is 4.99. The van der Waals surface area contributed by atoms with E-state index in [-0.39, 0.29) is 30.2 Å². The number of hydrogen-bond donors (Lipinski definition) is 3. The van der Waals surface area contributed by atoms with Crippen molar-refractivity contribution in [1.29, 1.82) is 0 Å². The first kappa shape index (κ1) is 18.9. The molecular weight excluding hydrogens is 384 g/mol. The average molecular weight is 406 g/mol. The quantitative estimate of drug-likeness (QED) is 0.595. The second-order valence-corrected chi connectivity index (χ2v) is 8.26. The normalized spacial score (nSPS) is 31.9. The number of primary amides is 1. The van der Waals surface area contributed by atoms with Gasteiger partial charge in [0, 0.05) is 16.6 Å². The number of benzene rings is 1. The molecule has 3 heterocycles. The first-order chi connectivity index (χ1) is 13.2. The summed E-state index contributed by atoms with van der Waals surface area (Å²) in [6.07, 6.45) is 0.502. The standard InChI is InChI=1S/C19H21ClN4O4/c1-3-8(2)24-16(26)14-12(7-13(21)25)23-19(15(14)17(24)27)10-6-9(20)4-5-11(10)22-18(19)28/h4-6,8,12,14-15,23H,3,7H2,1-2H3,(H2,21,25)(H,22,28)/p+1/t8-,12-,14+,15-,19+/m0/s1. The third-order valence-corrected chi connectivity index (χ3v) is 6.57. The molecule has 2 fully saturated rings. The molecule has 3 aliphatic rings. The van der Waals surface area contributed by atoms with Crippen molar-refractivity contribution in [3.8, 4) is 0 Å². The van der Waals surface area contributed by atoms with Gasteiger partial charge in [-0.05, 0) is 31.5 Å². The van der Waals surface area contributed by atoms with Crippen molar-refractivity contribution >= 4 is 40.9 Å². The van der Waals surface area contributed by atoms with Gasteiger partial charge in [0.15, 0.2) is 0 Å². The molecule has 1 aromatic rings. The molecule has 4 amide bonds. The monoisotopic (exact) mass is 405 g/mol. The van der Waals surface area contributed by atoms with E-state index in [1.54, 1.807) is 30.4 Å². The number of nitrogens with zero attached hydrogens (tertiary/aromatic N) is 1. The molecule has 2 saturated heterocycles. The molecule has 1 spiro atoms. The highest BCUT2D eigenvalue weighted by molar-refractivity contribution is 6.31. The summed E-state index contributed by atoms with van der Waals surface area (Å²) in [6, 6.07) is 4.10. The van der Waals surface area contributed by atoms with E-state index in [0.29, 0.717) is 22.7 Å².